The fraction of sp³-hybridized carbons (Fsp3) is 0.0667. The number of pyridine rings is 2. The molecule has 0 saturated heterocycles. The summed E-state index contributed by atoms with van der Waals surface area (Å²) < 4.78 is 23.4. The monoisotopic (exact) mass is 402 g/mol. The van der Waals surface area contributed by atoms with E-state index in [1.165, 1.54) is 6.07 Å². The van der Waals surface area contributed by atoms with Gasteiger partial charge in [0.1, 0.15) is 5.65 Å². The first-order chi connectivity index (χ1) is 11.1. The van der Waals surface area contributed by atoms with Crippen LogP contribution in [-0.4, -0.2) is 18.4 Å². The van der Waals surface area contributed by atoms with Crippen LogP contribution in [0.3, 0.4) is 0 Å². The normalized spacial score (nSPS) is 10.1. The van der Waals surface area contributed by atoms with Crippen molar-refractivity contribution in [3.63, 3.8) is 0 Å². The summed E-state index contributed by atoms with van der Waals surface area (Å²) in [5, 5.41) is 4.06. The lowest BCUT2D eigenvalue weighted by atomic mass is 10.2. The summed E-state index contributed by atoms with van der Waals surface area (Å²) in [7, 11) is -2.60. The molecule has 0 spiro atoms. The lowest BCUT2D eigenvalue weighted by molar-refractivity contribution is 0.601. The van der Waals surface area contributed by atoms with Gasteiger partial charge in [-0.2, -0.15) is 0 Å². The lowest BCUT2D eigenvalue weighted by Crippen LogP contribution is -2.10. The number of fused-ring (bicyclic) bond motifs is 1. The predicted octanol–water partition coefficient (Wildman–Crippen LogP) is 2.13. The average molecular weight is 403 g/mol. The number of aromatic nitrogens is 2. The van der Waals surface area contributed by atoms with Crippen LogP contribution < -0.4 is 15.6 Å². The maximum atomic E-state index is 11.3. The Hall–Kier alpha value is -2.13. The first-order valence-corrected chi connectivity index (χ1v) is 8.01. The quantitative estimate of drug-likeness (QED) is 0.489. The Morgan fingerprint density at radius 1 is 1.00 bits per heavy atom. The van der Waals surface area contributed by atoms with Crippen LogP contribution in [0.1, 0.15) is 5.56 Å². The molecule has 25 heavy (non-hydrogen) atoms. The van der Waals surface area contributed by atoms with Crippen molar-refractivity contribution >= 4 is 58.1 Å². The van der Waals surface area contributed by atoms with Crippen LogP contribution in [0.5, 0.6) is 0 Å². The third-order valence-electron chi connectivity index (χ3n) is 3.28. The smallest absolute Gasteiger partial charge is 0.249 e. The molecule has 0 fully saturated rings. The molecule has 0 atom stereocenters. The van der Waals surface area contributed by atoms with Crippen molar-refractivity contribution in [2.24, 2.45) is 0 Å². The van der Waals surface area contributed by atoms with Crippen molar-refractivity contribution in [2.45, 2.75) is 6.54 Å². The highest BCUT2D eigenvalue weighted by molar-refractivity contribution is 7.70. The van der Waals surface area contributed by atoms with Crippen LogP contribution in [0.15, 0.2) is 53.5 Å². The minimum absolute atomic E-state index is 0. The van der Waals surface area contributed by atoms with E-state index in [0.717, 1.165) is 22.3 Å². The van der Waals surface area contributed by atoms with E-state index in [2.05, 4.69) is 20.0 Å². The molecule has 0 amide bonds. The number of rotatable bonds is 5. The zero-order valence-corrected chi connectivity index (χ0v) is 15.3. The Labute approximate surface area is 157 Å². The maximum absolute atomic E-state index is 11.3. The minimum atomic E-state index is -2.60. The fourth-order valence-corrected chi connectivity index (χ4v) is 2.50. The van der Waals surface area contributed by atoms with Gasteiger partial charge >= 0.3 is 0 Å². The molecule has 0 unspecified atom stereocenters. The highest BCUT2D eigenvalue weighted by Gasteiger charge is 2.03. The molecule has 7 nitrogen and oxygen atoms in total. The molecule has 2 aromatic heterocycles. The van der Waals surface area contributed by atoms with E-state index in [1.807, 2.05) is 30.3 Å². The van der Waals surface area contributed by atoms with E-state index in [9.17, 15) is 13.2 Å². The Balaban J connectivity index is 0.00000156. The number of aromatic amines is 1. The largest absolute Gasteiger partial charge is 0.355 e. The number of nitrogens with zero attached hydrogens (tertiary/aromatic N) is 1. The fourth-order valence-electron chi connectivity index (χ4n) is 2.19. The predicted molar refractivity (Wildman–Crippen MR) is 104 cm³/mol. The second-order valence-electron chi connectivity index (χ2n) is 4.86. The summed E-state index contributed by atoms with van der Waals surface area (Å²) in [6.07, 6.45) is 1.61. The summed E-state index contributed by atoms with van der Waals surface area (Å²) in [5.41, 5.74) is 2.84. The Bertz CT molecular complexity index is 966. The molecule has 0 radical (unpaired) electrons. The maximum Gasteiger partial charge on any atom is 0.249 e. The Kier molecular flexibility index (Phi) is 7.85. The summed E-state index contributed by atoms with van der Waals surface area (Å²) in [5.74, 6) is 0. The summed E-state index contributed by atoms with van der Waals surface area (Å²) in [6.45, 7) is 0.262. The SMILES string of the molecule is Cl.Cl.O=c1ccc2c(Nc3ccc(CN[SH](=O)=O)cc3)ccnc2[nH]1. The number of hydrogen-bond acceptors (Lipinski definition) is 5. The van der Waals surface area contributed by atoms with Gasteiger partial charge < -0.3 is 10.3 Å². The van der Waals surface area contributed by atoms with Gasteiger partial charge in [-0.3, -0.25) is 4.79 Å². The van der Waals surface area contributed by atoms with Gasteiger partial charge in [0, 0.05) is 29.9 Å². The zero-order valence-electron chi connectivity index (χ0n) is 12.8. The van der Waals surface area contributed by atoms with E-state index < -0.39 is 10.9 Å². The number of H-pyrrole nitrogens is 1. The molecule has 0 aliphatic rings. The molecule has 10 heteroatoms. The summed E-state index contributed by atoms with van der Waals surface area (Å²) >= 11 is 0. The van der Waals surface area contributed by atoms with Crippen LogP contribution in [-0.2, 0) is 17.4 Å². The van der Waals surface area contributed by atoms with Gasteiger partial charge in [0.05, 0.1) is 5.69 Å². The van der Waals surface area contributed by atoms with E-state index in [-0.39, 0.29) is 36.9 Å². The average Bonchev–Trinajstić information content (AvgIpc) is 2.54. The van der Waals surface area contributed by atoms with Gasteiger partial charge in [0.25, 0.3) is 0 Å². The standard InChI is InChI=1S/C15H14N4O3S.2ClH/c20-14-6-5-12-13(7-8-16-15(12)19-14)18-11-3-1-10(2-4-11)9-17-23(21)22;;/h1-8,23H,9H2,(H,17,21,22)(H2,16,18,19,20);2*1H. The van der Waals surface area contributed by atoms with Crippen LogP contribution in [0.25, 0.3) is 11.0 Å². The van der Waals surface area contributed by atoms with Gasteiger partial charge in [-0.05, 0) is 29.8 Å². The first-order valence-electron chi connectivity index (χ1n) is 6.84. The molecule has 2 heterocycles. The van der Waals surface area contributed by atoms with Crippen LogP contribution in [0, 0.1) is 0 Å². The second kappa shape index (κ2) is 9.38. The molecule has 3 aromatic rings. The lowest BCUT2D eigenvalue weighted by Gasteiger charge is -2.09. The van der Waals surface area contributed by atoms with Crippen molar-refractivity contribution in [3.8, 4) is 0 Å². The molecule has 0 saturated carbocycles. The third-order valence-corrected chi connectivity index (χ3v) is 3.69. The van der Waals surface area contributed by atoms with Crippen molar-refractivity contribution < 1.29 is 8.42 Å². The van der Waals surface area contributed by atoms with Crippen molar-refractivity contribution in [1.82, 2.24) is 14.7 Å². The molecule has 0 aliphatic heterocycles. The van der Waals surface area contributed by atoms with Gasteiger partial charge in [0.15, 0.2) is 0 Å². The number of nitrogens with one attached hydrogen (secondary N) is 3. The van der Waals surface area contributed by atoms with Crippen LogP contribution >= 0.6 is 24.8 Å². The second-order valence-corrected chi connectivity index (χ2v) is 5.69. The van der Waals surface area contributed by atoms with E-state index in [0.29, 0.717) is 5.65 Å². The highest BCUT2D eigenvalue weighted by Crippen LogP contribution is 2.23. The summed E-state index contributed by atoms with van der Waals surface area (Å²) in [6, 6.07) is 12.4. The van der Waals surface area contributed by atoms with E-state index in [1.54, 1.807) is 12.3 Å². The molecular formula is C15H16Cl2N4O3S. The number of hydrogen-bond donors (Lipinski definition) is 4. The van der Waals surface area contributed by atoms with Crippen molar-refractivity contribution in [2.75, 3.05) is 5.32 Å². The van der Waals surface area contributed by atoms with Crippen molar-refractivity contribution in [3.05, 3.63) is 64.6 Å². The molecule has 0 aliphatic carbocycles. The molecule has 134 valence electrons. The molecule has 3 rings (SSSR count). The number of thiol groups is 1. The van der Waals surface area contributed by atoms with Gasteiger partial charge in [-0.15, -0.1) is 24.8 Å². The van der Waals surface area contributed by atoms with E-state index >= 15 is 0 Å². The zero-order chi connectivity index (χ0) is 16.2. The van der Waals surface area contributed by atoms with Gasteiger partial charge in [-0.25, -0.2) is 18.1 Å². The molecule has 0 bridgehead atoms. The van der Waals surface area contributed by atoms with Crippen molar-refractivity contribution in [1.29, 1.82) is 0 Å². The molecular weight excluding hydrogens is 387 g/mol. The third kappa shape index (κ3) is 5.43. The van der Waals surface area contributed by atoms with Crippen LogP contribution in [0.2, 0.25) is 0 Å². The number of anilines is 2. The Morgan fingerprint density at radius 3 is 2.40 bits per heavy atom. The molecule has 3 N–H and O–H groups in total. The number of halogens is 2. The Morgan fingerprint density at radius 2 is 1.72 bits per heavy atom. The summed E-state index contributed by atoms with van der Waals surface area (Å²) in [4.78, 5) is 18.2. The number of benzene rings is 1. The van der Waals surface area contributed by atoms with Crippen LogP contribution in [0.4, 0.5) is 11.4 Å². The first kappa shape index (κ1) is 20.9. The van der Waals surface area contributed by atoms with E-state index in [4.69, 9.17) is 0 Å². The highest BCUT2D eigenvalue weighted by atomic mass is 35.5. The van der Waals surface area contributed by atoms with Gasteiger partial charge in [-0.1, -0.05) is 12.1 Å². The molecule has 1 aromatic carbocycles. The minimum Gasteiger partial charge on any atom is -0.355 e. The van der Waals surface area contributed by atoms with Gasteiger partial charge in [0.2, 0.25) is 16.4 Å². The topological polar surface area (TPSA) is 104 Å².